The zero-order chi connectivity index (χ0) is 27.1. The summed E-state index contributed by atoms with van der Waals surface area (Å²) >= 11 is 0. The molecule has 1 rings (SSSR count). The van der Waals surface area contributed by atoms with Crippen LogP contribution in [0.4, 0.5) is 0 Å². The maximum absolute atomic E-state index is 12.8. The van der Waals surface area contributed by atoms with Crippen molar-refractivity contribution in [3.05, 3.63) is 35.9 Å². The molecular formula is C25H38N4O7. The van der Waals surface area contributed by atoms with Crippen LogP contribution in [0.15, 0.2) is 30.3 Å². The molecule has 8 N–H and O–H groups in total. The average Bonchev–Trinajstić information content (AvgIpc) is 2.85. The molecule has 11 heteroatoms. The third kappa shape index (κ3) is 11.9. The van der Waals surface area contributed by atoms with Gasteiger partial charge < -0.3 is 32.3 Å². The number of primary amides is 1. The average molecular weight is 507 g/mol. The first-order chi connectivity index (χ1) is 17.0. The summed E-state index contributed by atoms with van der Waals surface area (Å²) in [5.41, 5.74) is 12.1. The number of ketones is 1. The number of aliphatic hydroxyl groups is 1. The number of nitrogens with two attached hydrogens (primary N) is 2. The van der Waals surface area contributed by atoms with Crippen LogP contribution in [-0.2, 0) is 30.4 Å². The van der Waals surface area contributed by atoms with E-state index >= 15 is 0 Å². The van der Waals surface area contributed by atoms with Crippen LogP contribution in [0, 0.1) is 11.8 Å². The Morgan fingerprint density at radius 3 is 2.28 bits per heavy atom. The maximum Gasteiger partial charge on any atom is 0.306 e. The van der Waals surface area contributed by atoms with Crippen LogP contribution in [-0.4, -0.2) is 64.9 Å². The fraction of sp³-hybridized carbons (Fsp3) is 0.560. The van der Waals surface area contributed by atoms with Crippen LogP contribution < -0.4 is 22.1 Å². The van der Waals surface area contributed by atoms with Gasteiger partial charge in [-0.25, -0.2) is 0 Å². The van der Waals surface area contributed by atoms with Gasteiger partial charge in [-0.3, -0.25) is 24.0 Å². The third-order valence-corrected chi connectivity index (χ3v) is 5.89. The van der Waals surface area contributed by atoms with Crippen molar-refractivity contribution in [1.82, 2.24) is 10.6 Å². The number of nitrogens with one attached hydrogen (secondary N) is 2. The summed E-state index contributed by atoms with van der Waals surface area (Å²) in [7, 11) is 0. The molecule has 0 saturated carbocycles. The van der Waals surface area contributed by atoms with Gasteiger partial charge in [0, 0.05) is 25.3 Å². The van der Waals surface area contributed by atoms with Crippen LogP contribution >= 0.6 is 0 Å². The molecule has 4 atom stereocenters. The summed E-state index contributed by atoms with van der Waals surface area (Å²) in [5.74, 6) is -4.31. The minimum absolute atomic E-state index is 0.128. The zero-order valence-corrected chi connectivity index (χ0v) is 20.7. The second-order valence-electron chi connectivity index (χ2n) is 8.93. The third-order valence-electron chi connectivity index (χ3n) is 5.89. The van der Waals surface area contributed by atoms with Crippen molar-refractivity contribution < 1.29 is 34.2 Å². The van der Waals surface area contributed by atoms with Crippen molar-refractivity contribution in [2.45, 2.75) is 64.0 Å². The summed E-state index contributed by atoms with van der Waals surface area (Å²) in [5, 5.41) is 23.2. The molecule has 36 heavy (non-hydrogen) atoms. The number of hydrogen-bond donors (Lipinski definition) is 6. The number of hydrogen-bond acceptors (Lipinski definition) is 7. The number of rotatable bonds is 18. The van der Waals surface area contributed by atoms with Gasteiger partial charge in [0.1, 0.15) is 11.8 Å². The van der Waals surface area contributed by atoms with Gasteiger partial charge in [0.05, 0.1) is 18.6 Å². The number of benzene rings is 1. The molecule has 0 saturated heterocycles. The SMILES string of the molecule is CC(CCC(=O)NCCCCC(N)C(=O)CC(Cc1ccccc1)C(=O)NC(CO)C(N)=O)C(=O)O. The fourth-order valence-electron chi connectivity index (χ4n) is 3.48. The van der Waals surface area contributed by atoms with E-state index < -0.39 is 48.3 Å². The summed E-state index contributed by atoms with van der Waals surface area (Å²) < 4.78 is 0. The van der Waals surface area contributed by atoms with E-state index in [0.717, 1.165) is 5.56 Å². The van der Waals surface area contributed by atoms with Crippen LogP contribution in [0.3, 0.4) is 0 Å². The van der Waals surface area contributed by atoms with Crippen molar-refractivity contribution in [2.24, 2.45) is 23.3 Å². The zero-order valence-electron chi connectivity index (χ0n) is 20.7. The minimum Gasteiger partial charge on any atom is -0.481 e. The highest BCUT2D eigenvalue weighted by Gasteiger charge is 2.28. The number of aliphatic hydroxyl groups excluding tert-OH is 1. The molecule has 0 spiro atoms. The normalized spacial score (nSPS) is 14.2. The van der Waals surface area contributed by atoms with E-state index in [1.54, 1.807) is 6.92 Å². The lowest BCUT2D eigenvalue weighted by molar-refractivity contribution is -0.141. The molecule has 0 fully saturated rings. The van der Waals surface area contributed by atoms with Crippen molar-refractivity contribution in [3.8, 4) is 0 Å². The van der Waals surface area contributed by atoms with Gasteiger partial charge in [0.2, 0.25) is 17.7 Å². The first-order valence-electron chi connectivity index (χ1n) is 12.1. The Hall–Kier alpha value is -3.31. The molecule has 0 aromatic heterocycles. The first-order valence-corrected chi connectivity index (χ1v) is 12.1. The predicted molar refractivity (Wildman–Crippen MR) is 132 cm³/mol. The highest BCUT2D eigenvalue weighted by Crippen LogP contribution is 2.16. The molecule has 11 nitrogen and oxygen atoms in total. The Labute approximate surface area is 211 Å². The molecule has 0 radical (unpaired) electrons. The van der Waals surface area contributed by atoms with E-state index in [9.17, 15) is 29.1 Å². The largest absolute Gasteiger partial charge is 0.481 e. The Kier molecular flexibility index (Phi) is 14.0. The van der Waals surface area contributed by atoms with Crippen molar-refractivity contribution in [3.63, 3.8) is 0 Å². The van der Waals surface area contributed by atoms with Gasteiger partial charge in [-0.1, -0.05) is 37.3 Å². The Morgan fingerprint density at radius 2 is 1.69 bits per heavy atom. The highest BCUT2D eigenvalue weighted by atomic mass is 16.4. The number of carbonyl (C=O) groups excluding carboxylic acids is 4. The number of carbonyl (C=O) groups is 5. The molecule has 0 aliphatic carbocycles. The molecule has 0 aliphatic rings. The van der Waals surface area contributed by atoms with Crippen molar-refractivity contribution in [1.29, 1.82) is 0 Å². The molecule has 1 aromatic rings. The van der Waals surface area contributed by atoms with Gasteiger partial charge in [0.25, 0.3) is 0 Å². The smallest absolute Gasteiger partial charge is 0.306 e. The van der Waals surface area contributed by atoms with Crippen LogP contribution in [0.25, 0.3) is 0 Å². The molecule has 0 heterocycles. The summed E-state index contributed by atoms with van der Waals surface area (Å²) in [4.78, 5) is 59.5. The first kappa shape index (κ1) is 30.7. The Morgan fingerprint density at radius 1 is 1.03 bits per heavy atom. The van der Waals surface area contributed by atoms with E-state index in [4.69, 9.17) is 16.6 Å². The van der Waals surface area contributed by atoms with Gasteiger partial charge >= 0.3 is 5.97 Å². The number of Topliss-reactive ketones (excluding diaryl/α,β-unsaturated/α-hetero) is 1. The fourth-order valence-corrected chi connectivity index (χ4v) is 3.48. The van der Waals surface area contributed by atoms with E-state index in [0.29, 0.717) is 25.8 Å². The summed E-state index contributed by atoms with van der Waals surface area (Å²) in [6.45, 7) is 1.28. The number of unbranched alkanes of at least 4 members (excludes halogenated alkanes) is 1. The minimum atomic E-state index is -1.25. The molecule has 4 unspecified atom stereocenters. The number of carboxylic acids is 1. The highest BCUT2D eigenvalue weighted by molar-refractivity contribution is 5.92. The van der Waals surface area contributed by atoms with Gasteiger partial charge in [0.15, 0.2) is 0 Å². The quantitative estimate of drug-likeness (QED) is 0.148. The topological polar surface area (TPSA) is 202 Å². The number of aliphatic carboxylic acids is 1. The molecule has 0 bridgehead atoms. The van der Waals surface area contributed by atoms with E-state index in [1.165, 1.54) is 0 Å². The standard InChI is InChI=1S/C25H38N4O7/c1-16(25(35)36)10-11-22(32)28-12-6-5-9-19(26)21(31)14-18(13-17-7-3-2-4-8-17)24(34)29-20(15-30)23(27)33/h2-4,7-8,16,18-20,30H,5-6,9-15,26H2,1H3,(H2,27,33)(H,28,32)(H,29,34)(H,35,36). The Balaban J connectivity index is 2.54. The Bertz CT molecular complexity index is 878. The van der Waals surface area contributed by atoms with Gasteiger partial charge in [-0.05, 0) is 37.7 Å². The van der Waals surface area contributed by atoms with Gasteiger partial charge in [-0.15, -0.1) is 0 Å². The maximum atomic E-state index is 12.8. The van der Waals surface area contributed by atoms with Crippen LogP contribution in [0.5, 0.6) is 0 Å². The lowest BCUT2D eigenvalue weighted by Crippen LogP contribution is -2.49. The van der Waals surface area contributed by atoms with Crippen LogP contribution in [0.2, 0.25) is 0 Å². The van der Waals surface area contributed by atoms with Crippen molar-refractivity contribution >= 4 is 29.5 Å². The molecule has 3 amide bonds. The predicted octanol–water partition coefficient (Wildman–Crippen LogP) is -0.118. The second-order valence-corrected chi connectivity index (χ2v) is 8.93. The van der Waals surface area contributed by atoms with E-state index in [-0.39, 0.29) is 37.4 Å². The second kappa shape index (κ2) is 16.4. The monoisotopic (exact) mass is 506 g/mol. The molecular weight excluding hydrogens is 468 g/mol. The van der Waals surface area contributed by atoms with E-state index in [1.807, 2.05) is 30.3 Å². The lowest BCUT2D eigenvalue weighted by Gasteiger charge is -2.21. The number of carboxylic acid groups (broad SMARTS) is 1. The van der Waals surface area contributed by atoms with E-state index in [2.05, 4.69) is 10.6 Å². The summed E-state index contributed by atoms with van der Waals surface area (Å²) in [6, 6.07) is 7.04. The van der Waals surface area contributed by atoms with Crippen LogP contribution in [0.1, 0.15) is 51.0 Å². The number of amides is 3. The van der Waals surface area contributed by atoms with Gasteiger partial charge in [-0.2, -0.15) is 0 Å². The molecule has 200 valence electrons. The van der Waals surface area contributed by atoms with Crippen molar-refractivity contribution in [2.75, 3.05) is 13.2 Å². The lowest BCUT2D eigenvalue weighted by atomic mass is 9.90. The molecule has 1 aromatic carbocycles. The summed E-state index contributed by atoms with van der Waals surface area (Å²) in [6.07, 6.45) is 2.02. The molecule has 0 aliphatic heterocycles.